The Hall–Kier alpha value is -1.88. The Bertz CT molecular complexity index is 522. The van der Waals surface area contributed by atoms with E-state index in [9.17, 15) is 5.11 Å². The van der Waals surface area contributed by atoms with Gasteiger partial charge in [-0.05, 0) is 37.0 Å². The smallest absolute Gasteiger partial charge is 0.138 e. The van der Waals surface area contributed by atoms with Crippen LogP contribution in [0.4, 0.5) is 0 Å². The summed E-state index contributed by atoms with van der Waals surface area (Å²) in [7, 11) is 1.66. The monoisotopic (exact) mass is 275 g/mol. The number of aromatic nitrogens is 3. The molecule has 1 heterocycles. The highest BCUT2D eigenvalue weighted by atomic mass is 16.5. The molecule has 20 heavy (non-hydrogen) atoms. The van der Waals surface area contributed by atoms with Crippen LogP contribution in [-0.4, -0.2) is 33.6 Å². The lowest BCUT2D eigenvalue weighted by Crippen LogP contribution is -2.16. The minimum absolute atomic E-state index is 0.141. The fourth-order valence-electron chi connectivity index (χ4n) is 2.26. The first-order chi connectivity index (χ1) is 9.76. The minimum atomic E-state index is 0.141. The van der Waals surface area contributed by atoms with Gasteiger partial charge in [-0.25, -0.2) is 4.98 Å². The minimum Gasteiger partial charge on any atom is -0.497 e. The van der Waals surface area contributed by atoms with Gasteiger partial charge in [-0.2, -0.15) is 5.10 Å². The predicted octanol–water partition coefficient (Wildman–Crippen LogP) is 1.70. The van der Waals surface area contributed by atoms with Crippen LogP contribution in [0.1, 0.15) is 18.3 Å². The van der Waals surface area contributed by atoms with Crippen LogP contribution in [0.3, 0.4) is 0 Å². The zero-order chi connectivity index (χ0) is 14.4. The van der Waals surface area contributed by atoms with Gasteiger partial charge in [0.1, 0.15) is 17.9 Å². The van der Waals surface area contributed by atoms with Crippen LogP contribution in [0.15, 0.2) is 30.6 Å². The van der Waals surface area contributed by atoms with Crippen LogP contribution in [0.5, 0.6) is 5.75 Å². The molecule has 1 N–H and O–H groups in total. The van der Waals surface area contributed by atoms with Crippen LogP contribution in [0.25, 0.3) is 0 Å². The molecule has 0 bridgehead atoms. The average molecular weight is 275 g/mol. The molecule has 108 valence electrons. The molecule has 0 aliphatic rings. The van der Waals surface area contributed by atoms with Crippen LogP contribution in [0.2, 0.25) is 0 Å². The van der Waals surface area contributed by atoms with Gasteiger partial charge in [-0.1, -0.05) is 12.1 Å². The number of hydrogen-bond acceptors (Lipinski definition) is 4. The fourth-order valence-corrected chi connectivity index (χ4v) is 2.26. The number of ether oxygens (including phenoxy) is 1. The summed E-state index contributed by atoms with van der Waals surface area (Å²) < 4.78 is 7.02. The number of methoxy groups -OCH3 is 1. The quantitative estimate of drug-likeness (QED) is 0.835. The number of rotatable bonds is 7. The Morgan fingerprint density at radius 1 is 1.25 bits per heavy atom. The van der Waals surface area contributed by atoms with E-state index in [-0.39, 0.29) is 12.5 Å². The van der Waals surface area contributed by atoms with E-state index in [0.29, 0.717) is 0 Å². The normalized spacial score (nSPS) is 12.3. The summed E-state index contributed by atoms with van der Waals surface area (Å²) in [4.78, 5) is 4.26. The highest BCUT2D eigenvalue weighted by molar-refractivity contribution is 5.27. The molecule has 0 radical (unpaired) electrons. The van der Waals surface area contributed by atoms with E-state index in [1.807, 2.05) is 35.9 Å². The lowest BCUT2D eigenvalue weighted by molar-refractivity contribution is 0.222. The second-order valence-corrected chi connectivity index (χ2v) is 4.80. The van der Waals surface area contributed by atoms with Gasteiger partial charge in [0, 0.05) is 19.6 Å². The second-order valence-electron chi connectivity index (χ2n) is 4.80. The summed E-state index contributed by atoms with van der Waals surface area (Å²) in [6, 6.07) is 7.95. The SMILES string of the molecule is CCn1ncnc1CC(CO)Cc1ccc(OC)cc1. The van der Waals surface area contributed by atoms with Crippen LogP contribution in [0, 0.1) is 5.92 Å². The van der Waals surface area contributed by atoms with E-state index < -0.39 is 0 Å². The lowest BCUT2D eigenvalue weighted by Gasteiger charge is -2.14. The van der Waals surface area contributed by atoms with Crippen molar-refractivity contribution < 1.29 is 9.84 Å². The Kier molecular flexibility index (Phi) is 5.12. The molecule has 0 saturated carbocycles. The number of hydrogen-bond donors (Lipinski definition) is 1. The number of aryl methyl sites for hydroxylation is 1. The second kappa shape index (κ2) is 7.05. The number of nitrogens with zero attached hydrogens (tertiary/aromatic N) is 3. The van der Waals surface area contributed by atoms with Crippen molar-refractivity contribution in [1.82, 2.24) is 14.8 Å². The molecule has 5 nitrogen and oxygen atoms in total. The zero-order valence-corrected chi connectivity index (χ0v) is 12.0. The molecule has 0 fully saturated rings. The summed E-state index contributed by atoms with van der Waals surface area (Å²) in [6.45, 7) is 2.98. The van der Waals surface area contributed by atoms with Crippen molar-refractivity contribution in [1.29, 1.82) is 0 Å². The Labute approximate surface area is 119 Å². The molecular weight excluding hydrogens is 254 g/mol. The molecule has 0 spiro atoms. The first kappa shape index (κ1) is 14.5. The van der Waals surface area contributed by atoms with Gasteiger partial charge in [0.15, 0.2) is 0 Å². The summed E-state index contributed by atoms with van der Waals surface area (Å²) >= 11 is 0. The van der Waals surface area contributed by atoms with Gasteiger partial charge >= 0.3 is 0 Å². The molecule has 2 rings (SSSR count). The van der Waals surface area contributed by atoms with Gasteiger partial charge in [0.25, 0.3) is 0 Å². The number of benzene rings is 1. The van der Waals surface area contributed by atoms with E-state index in [4.69, 9.17) is 4.74 Å². The number of aliphatic hydroxyl groups is 1. The van der Waals surface area contributed by atoms with E-state index in [1.54, 1.807) is 13.4 Å². The standard InChI is InChI=1S/C15H21N3O2/c1-3-18-15(16-11-17-18)9-13(10-19)8-12-4-6-14(20-2)7-5-12/h4-7,11,13,19H,3,8-10H2,1-2H3. The maximum Gasteiger partial charge on any atom is 0.138 e. The molecule has 0 amide bonds. The van der Waals surface area contributed by atoms with Crippen LogP contribution < -0.4 is 4.74 Å². The molecule has 0 saturated heterocycles. The van der Waals surface area contributed by atoms with Crippen LogP contribution in [-0.2, 0) is 19.4 Å². The predicted molar refractivity (Wildman–Crippen MR) is 76.7 cm³/mol. The van der Waals surface area contributed by atoms with Crippen molar-refractivity contribution in [2.75, 3.05) is 13.7 Å². The van der Waals surface area contributed by atoms with Crippen molar-refractivity contribution in [3.8, 4) is 5.75 Å². The Morgan fingerprint density at radius 2 is 2.00 bits per heavy atom. The summed E-state index contributed by atoms with van der Waals surface area (Å²) in [5, 5.41) is 13.7. The van der Waals surface area contributed by atoms with E-state index in [1.165, 1.54) is 5.56 Å². The first-order valence-corrected chi connectivity index (χ1v) is 6.87. The molecule has 1 unspecified atom stereocenters. The van der Waals surface area contributed by atoms with E-state index in [0.717, 1.165) is 31.0 Å². The maximum absolute atomic E-state index is 9.57. The van der Waals surface area contributed by atoms with Crippen molar-refractivity contribution in [2.45, 2.75) is 26.3 Å². The average Bonchev–Trinajstić information content (AvgIpc) is 2.94. The zero-order valence-electron chi connectivity index (χ0n) is 12.0. The van der Waals surface area contributed by atoms with E-state index >= 15 is 0 Å². The van der Waals surface area contributed by atoms with Crippen molar-refractivity contribution >= 4 is 0 Å². The third-order valence-corrected chi connectivity index (χ3v) is 3.41. The van der Waals surface area contributed by atoms with Gasteiger partial charge < -0.3 is 9.84 Å². The molecule has 5 heteroatoms. The molecule has 1 aromatic carbocycles. The topological polar surface area (TPSA) is 60.2 Å². The summed E-state index contributed by atoms with van der Waals surface area (Å²) in [6.07, 6.45) is 3.12. The van der Waals surface area contributed by atoms with Crippen LogP contribution >= 0.6 is 0 Å². The molecule has 1 atom stereocenters. The van der Waals surface area contributed by atoms with Gasteiger partial charge in [0.2, 0.25) is 0 Å². The lowest BCUT2D eigenvalue weighted by atomic mass is 9.96. The van der Waals surface area contributed by atoms with Crippen molar-refractivity contribution in [3.05, 3.63) is 42.0 Å². The molecule has 0 aliphatic heterocycles. The molecule has 2 aromatic rings. The van der Waals surface area contributed by atoms with Gasteiger partial charge in [0.05, 0.1) is 7.11 Å². The van der Waals surface area contributed by atoms with Crippen molar-refractivity contribution in [2.24, 2.45) is 5.92 Å². The Morgan fingerprint density at radius 3 is 2.60 bits per heavy atom. The highest BCUT2D eigenvalue weighted by Gasteiger charge is 2.13. The molecular formula is C15H21N3O2. The first-order valence-electron chi connectivity index (χ1n) is 6.87. The third kappa shape index (κ3) is 3.57. The number of aliphatic hydroxyl groups excluding tert-OH is 1. The largest absolute Gasteiger partial charge is 0.497 e. The summed E-state index contributed by atoms with van der Waals surface area (Å²) in [5.41, 5.74) is 1.19. The summed E-state index contributed by atoms with van der Waals surface area (Å²) in [5.74, 6) is 1.93. The van der Waals surface area contributed by atoms with Crippen molar-refractivity contribution in [3.63, 3.8) is 0 Å². The maximum atomic E-state index is 9.57. The molecule has 1 aromatic heterocycles. The third-order valence-electron chi connectivity index (χ3n) is 3.41. The fraction of sp³-hybridized carbons (Fsp3) is 0.467. The Balaban J connectivity index is 2.01. The highest BCUT2D eigenvalue weighted by Crippen LogP contribution is 2.16. The van der Waals surface area contributed by atoms with Gasteiger partial charge in [-0.3, -0.25) is 4.68 Å². The van der Waals surface area contributed by atoms with E-state index in [2.05, 4.69) is 10.1 Å². The van der Waals surface area contributed by atoms with Gasteiger partial charge in [-0.15, -0.1) is 0 Å². The molecule has 0 aliphatic carbocycles.